The van der Waals surface area contributed by atoms with Crippen LogP contribution >= 0.6 is 11.6 Å². The first-order chi connectivity index (χ1) is 7.50. The maximum Gasteiger partial charge on any atom is 0.0968 e. The van der Waals surface area contributed by atoms with Crippen molar-refractivity contribution in [2.45, 2.75) is 38.9 Å². The molecule has 1 unspecified atom stereocenters. The van der Waals surface area contributed by atoms with Crippen molar-refractivity contribution < 1.29 is 4.74 Å². The van der Waals surface area contributed by atoms with E-state index in [1.807, 2.05) is 24.3 Å². The molecule has 16 heavy (non-hydrogen) atoms. The fourth-order valence-corrected chi connectivity index (χ4v) is 1.70. The maximum atomic E-state index is 6.13. The van der Waals surface area contributed by atoms with Crippen LogP contribution < -0.4 is 5.73 Å². The van der Waals surface area contributed by atoms with Crippen molar-refractivity contribution in [3.63, 3.8) is 0 Å². The van der Waals surface area contributed by atoms with Crippen molar-refractivity contribution >= 4 is 11.6 Å². The summed E-state index contributed by atoms with van der Waals surface area (Å²) in [6.07, 6.45) is 0.803. The number of rotatable bonds is 5. The van der Waals surface area contributed by atoms with Crippen LogP contribution in [0.4, 0.5) is 0 Å². The van der Waals surface area contributed by atoms with Gasteiger partial charge in [-0.1, -0.05) is 36.7 Å². The topological polar surface area (TPSA) is 35.2 Å². The third kappa shape index (κ3) is 3.48. The van der Waals surface area contributed by atoms with E-state index < -0.39 is 0 Å². The molecule has 0 spiro atoms. The third-order valence-electron chi connectivity index (χ3n) is 2.78. The van der Waals surface area contributed by atoms with E-state index in [0.29, 0.717) is 11.6 Å². The molecule has 1 aromatic carbocycles. The number of ether oxygens (including phenoxy) is 1. The molecular weight excluding hydrogens is 222 g/mol. The van der Waals surface area contributed by atoms with E-state index in [2.05, 4.69) is 20.8 Å². The fraction of sp³-hybridized carbons (Fsp3) is 0.538. The van der Waals surface area contributed by atoms with Crippen LogP contribution in [0.25, 0.3) is 0 Å². The summed E-state index contributed by atoms with van der Waals surface area (Å²) in [6, 6.07) is 7.68. The monoisotopic (exact) mass is 241 g/mol. The van der Waals surface area contributed by atoms with Crippen LogP contribution in [0.5, 0.6) is 0 Å². The Hall–Kier alpha value is -0.570. The normalized spacial score (nSPS) is 13.8. The second-order valence-electron chi connectivity index (χ2n) is 4.48. The lowest BCUT2D eigenvalue weighted by Gasteiger charge is -2.30. The lowest BCUT2D eigenvalue weighted by Crippen LogP contribution is -2.29. The van der Waals surface area contributed by atoms with E-state index in [4.69, 9.17) is 22.1 Å². The Bertz CT molecular complexity index is 338. The predicted molar refractivity (Wildman–Crippen MR) is 68.7 cm³/mol. The molecule has 90 valence electrons. The molecule has 0 heterocycles. The van der Waals surface area contributed by atoms with E-state index >= 15 is 0 Å². The minimum absolute atomic E-state index is 0.136. The van der Waals surface area contributed by atoms with Crippen LogP contribution in [0, 0.1) is 0 Å². The molecule has 0 amide bonds. The van der Waals surface area contributed by atoms with Gasteiger partial charge in [0.15, 0.2) is 0 Å². The predicted octanol–water partition coefficient (Wildman–Crippen LogP) is 3.55. The van der Waals surface area contributed by atoms with Gasteiger partial charge in [0.25, 0.3) is 0 Å². The quantitative estimate of drug-likeness (QED) is 0.856. The summed E-state index contributed by atoms with van der Waals surface area (Å²) >= 11 is 6.13. The van der Waals surface area contributed by atoms with Crippen LogP contribution in [0.2, 0.25) is 5.02 Å². The molecule has 0 radical (unpaired) electrons. The van der Waals surface area contributed by atoms with Gasteiger partial charge in [0, 0.05) is 17.1 Å². The first kappa shape index (κ1) is 13.5. The van der Waals surface area contributed by atoms with Gasteiger partial charge >= 0.3 is 0 Å². The number of hydrogen-bond acceptors (Lipinski definition) is 2. The van der Waals surface area contributed by atoms with Crippen molar-refractivity contribution in [3.8, 4) is 0 Å². The van der Waals surface area contributed by atoms with Crippen LogP contribution in [0.3, 0.4) is 0 Å². The van der Waals surface area contributed by atoms with Crippen molar-refractivity contribution in [3.05, 3.63) is 34.9 Å². The summed E-state index contributed by atoms with van der Waals surface area (Å²) in [7, 11) is 0. The molecule has 0 aliphatic carbocycles. The second-order valence-corrected chi connectivity index (χ2v) is 4.88. The van der Waals surface area contributed by atoms with Gasteiger partial charge in [-0.25, -0.2) is 0 Å². The average Bonchev–Trinajstić information content (AvgIpc) is 2.27. The Balaban J connectivity index is 2.87. The first-order valence-corrected chi connectivity index (χ1v) is 6.00. The molecule has 3 heteroatoms. The van der Waals surface area contributed by atoms with Gasteiger partial charge in [0.1, 0.15) is 0 Å². The lowest BCUT2D eigenvalue weighted by molar-refractivity contribution is -0.0712. The van der Waals surface area contributed by atoms with E-state index in [-0.39, 0.29) is 11.7 Å². The molecule has 2 nitrogen and oxygen atoms in total. The van der Waals surface area contributed by atoms with Gasteiger partial charge in [-0.2, -0.15) is 0 Å². The Labute approximate surface area is 103 Å². The molecule has 0 aromatic heterocycles. The highest BCUT2D eigenvalue weighted by molar-refractivity contribution is 6.31. The van der Waals surface area contributed by atoms with E-state index in [0.717, 1.165) is 12.0 Å². The SMILES string of the molecule is CCC(C)(C)OC(CN)c1ccccc1Cl. The van der Waals surface area contributed by atoms with E-state index in [9.17, 15) is 0 Å². The minimum atomic E-state index is -0.177. The lowest BCUT2D eigenvalue weighted by atomic mass is 10.0. The number of nitrogens with two attached hydrogens (primary N) is 1. The summed E-state index contributed by atoms with van der Waals surface area (Å²) in [6.45, 7) is 6.66. The standard InChI is InChI=1S/C13H20ClNO/c1-4-13(2,3)16-12(9-15)10-7-5-6-8-11(10)14/h5-8,12H,4,9,15H2,1-3H3. The molecule has 1 aromatic rings. The third-order valence-corrected chi connectivity index (χ3v) is 3.12. The van der Waals surface area contributed by atoms with Gasteiger partial charge in [-0.05, 0) is 26.3 Å². The molecular formula is C13H20ClNO. The average molecular weight is 242 g/mol. The second kappa shape index (κ2) is 5.67. The zero-order chi connectivity index (χ0) is 12.2. The number of halogens is 1. The molecule has 0 aliphatic heterocycles. The smallest absolute Gasteiger partial charge is 0.0968 e. The number of hydrogen-bond donors (Lipinski definition) is 1. The fourth-order valence-electron chi connectivity index (χ4n) is 1.44. The molecule has 0 bridgehead atoms. The van der Waals surface area contributed by atoms with Gasteiger partial charge in [0.05, 0.1) is 11.7 Å². The molecule has 0 saturated carbocycles. The molecule has 1 rings (SSSR count). The van der Waals surface area contributed by atoms with Crippen LogP contribution in [0.1, 0.15) is 38.9 Å². The summed E-state index contributed by atoms with van der Waals surface area (Å²) in [4.78, 5) is 0. The Morgan fingerprint density at radius 1 is 1.38 bits per heavy atom. The van der Waals surface area contributed by atoms with Gasteiger partial charge in [0.2, 0.25) is 0 Å². The van der Waals surface area contributed by atoms with Crippen LogP contribution in [-0.4, -0.2) is 12.1 Å². The Morgan fingerprint density at radius 2 is 2.00 bits per heavy atom. The molecule has 0 aliphatic rings. The van der Waals surface area contributed by atoms with Crippen LogP contribution in [-0.2, 0) is 4.74 Å². The zero-order valence-electron chi connectivity index (χ0n) is 10.2. The highest BCUT2D eigenvalue weighted by Crippen LogP contribution is 2.29. The number of benzene rings is 1. The Kier molecular flexibility index (Phi) is 4.78. The highest BCUT2D eigenvalue weighted by Gasteiger charge is 2.23. The highest BCUT2D eigenvalue weighted by atomic mass is 35.5. The largest absolute Gasteiger partial charge is 0.366 e. The minimum Gasteiger partial charge on any atom is -0.366 e. The van der Waals surface area contributed by atoms with Crippen molar-refractivity contribution in [1.82, 2.24) is 0 Å². The molecule has 1 atom stereocenters. The van der Waals surface area contributed by atoms with Gasteiger partial charge in [-0.15, -0.1) is 0 Å². The summed E-state index contributed by atoms with van der Waals surface area (Å²) in [5.74, 6) is 0. The molecule has 2 N–H and O–H groups in total. The van der Waals surface area contributed by atoms with Crippen LogP contribution in [0.15, 0.2) is 24.3 Å². The zero-order valence-corrected chi connectivity index (χ0v) is 10.9. The maximum absolute atomic E-state index is 6.13. The van der Waals surface area contributed by atoms with E-state index in [1.54, 1.807) is 0 Å². The summed E-state index contributed by atoms with van der Waals surface area (Å²) in [5, 5.41) is 0.713. The Morgan fingerprint density at radius 3 is 2.50 bits per heavy atom. The molecule has 0 saturated heterocycles. The van der Waals surface area contributed by atoms with Crippen molar-refractivity contribution in [1.29, 1.82) is 0 Å². The molecule has 0 fully saturated rings. The van der Waals surface area contributed by atoms with Gasteiger partial charge < -0.3 is 10.5 Å². The van der Waals surface area contributed by atoms with Crippen molar-refractivity contribution in [2.75, 3.05) is 6.54 Å². The summed E-state index contributed by atoms with van der Waals surface area (Å²) < 4.78 is 5.99. The van der Waals surface area contributed by atoms with E-state index in [1.165, 1.54) is 0 Å². The van der Waals surface area contributed by atoms with Crippen molar-refractivity contribution in [2.24, 2.45) is 5.73 Å². The first-order valence-electron chi connectivity index (χ1n) is 5.62. The summed E-state index contributed by atoms with van der Waals surface area (Å²) in [5.41, 5.74) is 6.54. The van der Waals surface area contributed by atoms with Gasteiger partial charge in [-0.3, -0.25) is 0 Å².